The van der Waals surface area contributed by atoms with Crippen LogP contribution in [0.2, 0.25) is 0 Å². The zero-order chi connectivity index (χ0) is 12.6. The summed E-state index contributed by atoms with van der Waals surface area (Å²) >= 11 is 0. The molecule has 0 saturated heterocycles. The van der Waals surface area contributed by atoms with Crippen LogP contribution < -0.4 is 5.32 Å². The Bertz CT molecular complexity index is 244. The molecule has 94 valence electrons. The Labute approximate surface area is 99.3 Å². The van der Waals surface area contributed by atoms with Crippen molar-refractivity contribution in [1.82, 2.24) is 5.32 Å². The molecular weight excluding hydrogens is 202 g/mol. The van der Waals surface area contributed by atoms with Crippen LogP contribution in [0.4, 0.5) is 0 Å². The van der Waals surface area contributed by atoms with E-state index < -0.39 is 0 Å². The largest absolute Gasteiger partial charge is 0.466 e. The van der Waals surface area contributed by atoms with E-state index in [0.29, 0.717) is 11.8 Å². The van der Waals surface area contributed by atoms with Crippen LogP contribution in [0, 0.1) is 5.41 Å². The lowest BCUT2D eigenvalue weighted by atomic mass is 9.90. The second kappa shape index (κ2) is 7.44. The van der Waals surface area contributed by atoms with Gasteiger partial charge in [-0.1, -0.05) is 33.8 Å². The molecular formula is C13H25NO2. The third kappa shape index (κ3) is 5.91. The molecule has 16 heavy (non-hydrogen) atoms. The molecule has 3 heteroatoms. The number of rotatable bonds is 7. The lowest BCUT2D eigenvalue weighted by molar-refractivity contribution is -0.136. The molecule has 0 aliphatic carbocycles. The fourth-order valence-corrected chi connectivity index (χ4v) is 1.23. The molecule has 0 unspecified atom stereocenters. The number of carbonyl (C=O) groups is 1. The van der Waals surface area contributed by atoms with Gasteiger partial charge in [-0.3, -0.25) is 0 Å². The Balaban J connectivity index is 4.03. The molecule has 0 fully saturated rings. The van der Waals surface area contributed by atoms with Crippen molar-refractivity contribution in [3.63, 3.8) is 0 Å². The van der Waals surface area contributed by atoms with Crippen molar-refractivity contribution in [2.75, 3.05) is 20.2 Å². The highest BCUT2D eigenvalue weighted by Gasteiger charge is 2.13. The van der Waals surface area contributed by atoms with Crippen molar-refractivity contribution in [2.24, 2.45) is 5.41 Å². The molecule has 0 spiro atoms. The molecule has 1 N–H and O–H groups in total. The molecule has 0 aromatic rings. The summed E-state index contributed by atoms with van der Waals surface area (Å²) < 4.78 is 4.69. The van der Waals surface area contributed by atoms with Crippen molar-refractivity contribution >= 4 is 5.97 Å². The number of hydrogen-bond acceptors (Lipinski definition) is 3. The normalized spacial score (nSPS) is 12.7. The highest BCUT2D eigenvalue weighted by Crippen LogP contribution is 2.17. The second-order valence-corrected chi connectivity index (χ2v) is 4.72. The summed E-state index contributed by atoms with van der Waals surface area (Å²) in [6.45, 7) is 10.3. The van der Waals surface area contributed by atoms with E-state index in [0.717, 1.165) is 25.1 Å². The topological polar surface area (TPSA) is 38.3 Å². The van der Waals surface area contributed by atoms with E-state index in [4.69, 9.17) is 0 Å². The minimum atomic E-state index is -0.223. The molecule has 0 bridgehead atoms. The molecule has 0 radical (unpaired) electrons. The standard InChI is InChI=1S/C13H25NO2/c1-6-11(12(15)16-5)8-9-14-10-13(3,4)7-2/h8,14H,6-7,9-10H2,1-5H3. The van der Waals surface area contributed by atoms with Crippen LogP contribution in [-0.2, 0) is 9.53 Å². The summed E-state index contributed by atoms with van der Waals surface area (Å²) in [7, 11) is 1.42. The SMILES string of the molecule is CCC(=CCNCC(C)(C)CC)C(=O)OC. The third-order valence-electron chi connectivity index (χ3n) is 2.88. The van der Waals surface area contributed by atoms with E-state index in [1.54, 1.807) is 0 Å². The van der Waals surface area contributed by atoms with Gasteiger partial charge < -0.3 is 10.1 Å². The maximum absolute atomic E-state index is 11.3. The van der Waals surface area contributed by atoms with Gasteiger partial charge in [0.25, 0.3) is 0 Å². The highest BCUT2D eigenvalue weighted by molar-refractivity contribution is 5.88. The Kier molecular flexibility index (Phi) is 7.06. The molecule has 0 amide bonds. The first kappa shape index (κ1) is 15.2. The van der Waals surface area contributed by atoms with Gasteiger partial charge in [-0.25, -0.2) is 4.79 Å². The predicted octanol–water partition coefficient (Wildman–Crippen LogP) is 2.52. The van der Waals surface area contributed by atoms with Gasteiger partial charge in [-0.05, 0) is 18.3 Å². The van der Waals surface area contributed by atoms with E-state index in [1.807, 2.05) is 13.0 Å². The lowest BCUT2D eigenvalue weighted by Gasteiger charge is -2.22. The number of methoxy groups -OCH3 is 1. The van der Waals surface area contributed by atoms with Gasteiger partial charge in [0.1, 0.15) is 0 Å². The number of carbonyl (C=O) groups excluding carboxylic acids is 1. The van der Waals surface area contributed by atoms with E-state index >= 15 is 0 Å². The lowest BCUT2D eigenvalue weighted by Crippen LogP contribution is -2.29. The third-order valence-corrected chi connectivity index (χ3v) is 2.88. The van der Waals surface area contributed by atoms with Gasteiger partial charge >= 0.3 is 5.97 Å². The van der Waals surface area contributed by atoms with Crippen LogP contribution in [0.5, 0.6) is 0 Å². The summed E-state index contributed by atoms with van der Waals surface area (Å²) in [4.78, 5) is 11.3. The van der Waals surface area contributed by atoms with E-state index in [-0.39, 0.29) is 5.97 Å². The second-order valence-electron chi connectivity index (χ2n) is 4.72. The van der Waals surface area contributed by atoms with Gasteiger partial charge in [0.2, 0.25) is 0 Å². The summed E-state index contributed by atoms with van der Waals surface area (Å²) in [5, 5.41) is 3.34. The Hall–Kier alpha value is -0.830. The highest BCUT2D eigenvalue weighted by atomic mass is 16.5. The maximum atomic E-state index is 11.3. The first-order chi connectivity index (χ1) is 7.46. The minimum Gasteiger partial charge on any atom is -0.466 e. The fourth-order valence-electron chi connectivity index (χ4n) is 1.23. The molecule has 0 heterocycles. The first-order valence-electron chi connectivity index (χ1n) is 5.95. The summed E-state index contributed by atoms with van der Waals surface area (Å²) in [5.41, 5.74) is 1.05. The number of hydrogen-bond donors (Lipinski definition) is 1. The van der Waals surface area contributed by atoms with Crippen molar-refractivity contribution < 1.29 is 9.53 Å². The molecule has 0 atom stereocenters. The molecule has 0 aliphatic heterocycles. The van der Waals surface area contributed by atoms with Crippen molar-refractivity contribution in [3.8, 4) is 0 Å². The van der Waals surface area contributed by atoms with Crippen LogP contribution in [0.1, 0.15) is 40.5 Å². The number of nitrogens with one attached hydrogen (secondary N) is 1. The molecule has 3 nitrogen and oxygen atoms in total. The van der Waals surface area contributed by atoms with Crippen LogP contribution in [0.3, 0.4) is 0 Å². The molecule has 0 aromatic heterocycles. The predicted molar refractivity (Wildman–Crippen MR) is 67.3 cm³/mol. The first-order valence-corrected chi connectivity index (χ1v) is 5.95. The van der Waals surface area contributed by atoms with E-state index in [2.05, 4.69) is 30.8 Å². The monoisotopic (exact) mass is 227 g/mol. The summed E-state index contributed by atoms with van der Waals surface area (Å²) in [5.74, 6) is -0.223. The molecule has 0 saturated carbocycles. The zero-order valence-corrected chi connectivity index (χ0v) is 11.2. The average molecular weight is 227 g/mol. The van der Waals surface area contributed by atoms with Gasteiger partial charge in [0.05, 0.1) is 7.11 Å². The van der Waals surface area contributed by atoms with Gasteiger partial charge in [-0.2, -0.15) is 0 Å². The minimum absolute atomic E-state index is 0.223. The van der Waals surface area contributed by atoms with E-state index in [1.165, 1.54) is 7.11 Å². The quantitative estimate of drug-likeness (QED) is 0.412. The van der Waals surface area contributed by atoms with Crippen molar-refractivity contribution in [1.29, 1.82) is 0 Å². The van der Waals surface area contributed by atoms with Gasteiger partial charge in [-0.15, -0.1) is 0 Å². The smallest absolute Gasteiger partial charge is 0.333 e. The zero-order valence-electron chi connectivity index (χ0n) is 11.2. The van der Waals surface area contributed by atoms with E-state index in [9.17, 15) is 4.79 Å². The van der Waals surface area contributed by atoms with Gasteiger partial charge in [0, 0.05) is 18.7 Å². The Morgan fingerprint density at radius 1 is 1.38 bits per heavy atom. The van der Waals surface area contributed by atoms with Crippen molar-refractivity contribution in [2.45, 2.75) is 40.5 Å². The fraction of sp³-hybridized carbons (Fsp3) is 0.769. The summed E-state index contributed by atoms with van der Waals surface area (Å²) in [6, 6.07) is 0. The number of ether oxygens (including phenoxy) is 1. The average Bonchev–Trinajstić information content (AvgIpc) is 2.28. The summed E-state index contributed by atoms with van der Waals surface area (Å²) in [6.07, 6.45) is 3.77. The molecule has 0 aromatic carbocycles. The number of esters is 1. The van der Waals surface area contributed by atoms with Crippen LogP contribution >= 0.6 is 0 Å². The Morgan fingerprint density at radius 3 is 2.44 bits per heavy atom. The van der Waals surface area contributed by atoms with Crippen LogP contribution in [0.25, 0.3) is 0 Å². The molecule has 0 aliphatic rings. The van der Waals surface area contributed by atoms with Crippen LogP contribution in [0.15, 0.2) is 11.6 Å². The molecule has 0 rings (SSSR count). The maximum Gasteiger partial charge on any atom is 0.333 e. The Morgan fingerprint density at radius 2 is 2.00 bits per heavy atom. The van der Waals surface area contributed by atoms with Crippen LogP contribution in [-0.4, -0.2) is 26.2 Å². The van der Waals surface area contributed by atoms with Gasteiger partial charge in [0.15, 0.2) is 0 Å². The van der Waals surface area contributed by atoms with Crippen molar-refractivity contribution in [3.05, 3.63) is 11.6 Å².